The van der Waals surface area contributed by atoms with Crippen molar-refractivity contribution in [2.75, 3.05) is 25.0 Å². The number of hydrogen-bond acceptors (Lipinski definition) is 2. The highest BCUT2D eigenvalue weighted by Crippen LogP contribution is 2.10. The zero-order chi connectivity index (χ0) is 12.8. The number of urea groups is 1. The van der Waals surface area contributed by atoms with Crippen LogP contribution in [0.5, 0.6) is 0 Å². The molecule has 2 rings (SSSR count). The van der Waals surface area contributed by atoms with Gasteiger partial charge in [-0.05, 0) is 31.5 Å². The molecule has 2 amide bonds. The van der Waals surface area contributed by atoms with Gasteiger partial charge in [0.2, 0.25) is 0 Å². The standard InChI is InChI=1S/C14H21N3O/c1-2-17-10-8-13(9-11-17)16-14(18)15-12-6-4-3-5-7-12/h3-7,13H,2,8-11H2,1H3,(H2,15,16,18). The Morgan fingerprint density at radius 1 is 1.28 bits per heavy atom. The molecule has 1 aromatic carbocycles. The first-order chi connectivity index (χ1) is 8.78. The van der Waals surface area contributed by atoms with Crippen LogP contribution in [0.3, 0.4) is 0 Å². The molecule has 0 unspecified atom stereocenters. The Labute approximate surface area is 108 Å². The SMILES string of the molecule is CCN1CCC(NC(=O)Nc2ccccc2)CC1. The molecule has 4 heteroatoms. The van der Waals surface area contributed by atoms with E-state index < -0.39 is 0 Å². The maximum absolute atomic E-state index is 11.8. The highest BCUT2D eigenvalue weighted by molar-refractivity contribution is 5.89. The summed E-state index contributed by atoms with van der Waals surface area (Å²) in [6.45, 7) is 5.43. The topological polar surface area (TPSA) is 44.4 Å². The lowest BCUT2D eigenvalue weighted by atomic mass is 10.1. The van der Waals surface area contributed by atoms with E-state index in [1.165, 1.54) is 0 Å². The lowest BCUT2D eigenvalue weighted by Gasteiger charge is -2.31. The number of para-hydroxylation sites is 1. The molecule has 0 bridgehead atoms. The molecule has 1 saturated heterocycles. The first-order valence-electron chi connectivity index (χ1n) is 6.63. The Kier molecular flexibility index (Phi) is 4.59. The zero-order valence-corrected chi connectivity index (χ0v) is 10.9. The Morgan fingerprint density at radius 2 is 1.94 bits per heavy atom. The first-order valence-corrected chi connectivity index (χ1v) is 6.63. The predicted octanol–water partition coefficient (Wildman–Crippen LogP) is 2.29. The van der Waals surface area contributed by atoms with Gasteiger partial charge in [0.1, 0.15) is 0 Å². The van der Waals surface area contributed by atoms with E-state index in [0.29, 0.717) is 6.04 Å². The average molecular weight is 247 g/mol. The summed E-state index contributed by atoms with van der Waals surface area (Å²) in [6.07, 6.45) is 2.08. The fourth-order valence-corrected chi connectivity index (χ4v) is 2.27. The van der Waals surface area contributed by atoms with Gasteiger partial charge in [-0.1, -0.05) is 25.1 Å². The van der Waals surface area contributed by atoms with Crippen LogP contribution in [0.25, 0.3) is 0 Å². The molecule has 0 saturated carbocycles. The minimum atomic E-state index is -0.101. The van der Waals surface area contributed by atoms with Crippen LogP contribution in [-0.2, 0) is 0 Å². The largest absolute Gasteiger partial charge is 0.335 e. The molecule has 0 aliphatic carbocycles. The lowest BCUT2D eigenvalue weighted by Crippen LogP contribution is -2.45. The zero-order valence-electron chi connectivity index (χ0n) is 10.9. The van der Waals surface area contributed by atoms with Crippen molar-refractivity contribution < 1.29 is 4.79 Å². The maximum atomic E-state index is 11.8. The van der Waals surface area contributed by atoms with Crippen molar-refractivity contribution in [3.05, 3.63) is 30.3 Å². The molecule has 18 heavy (non-hydrogen) atoms. The van der Waals surface area contributed by atoms with Crippen LogP contribution < -0.4 is 10.6 Å². The Morgan fingerprint density at radius 3 is 2.56 bits per heavy atom. The molecule has 0 atom stereocenters. The fourth-order valence-electron chi connectivity index (χ4n) is 2.27. The summed E-state index contributed by atoms with van der Waals surface area (Å²) in [5.74, 6) is 0. The van der Waals surface area contributed by atoms with Gasteiger partial charge in [0.15, 0.2) is 0 Å². The molecule has 4 nitrogen and oxygen atoms in total. The molecule has 0 spiro atoms. The quantitative estimate of drug-likeness (QED) is 0.860. The molecule has 1 heterocycles. The number of nitrogens with zero attached hydrogens (tertiary/aromatic N) is 1. The molecule has 1 aliphatic rings. The third kappa shape index (κ3) is 3.74. The Balaban J connectivity index is 1.75. The second-order valence-electron chi connectivity index (χ2n) is 4.67. The highest BCUT2D eigenvalue weighted by atomic mass is 16.2. The van der Waals surface area contributed by atoms with Crippen molar-refractivity contribution in [3.63, 3.8) is 0 Å². The van der Waals surface area contributed by atoms with E-state index >= 15 is 0 Å². The number of anilines is 1. The molecule has 1 aliphatic heterocycles. The summed E-state index contributed by atoms with van der Waals surface area (Å²) in [6, 6.07) is 9.74. The smallest absolute Gasteiger partial charge is 0.319 e. The molecule has 98 valence electrons. The van der Waals surface area contributed by atoms with Crippen molar-refractivity contribution in [2.24, 2.45) is 0 Å². The van der Waals surface area contributed by atoms with E-state index in [2.05, 4.69) is 22.5 Å². The third-order valence-corrected chi connectivity index (χ3v) is 3.40. The second kappa shape index (κ2) is 6.40. The van der Waals surface area contributed by atoms with E-state index in [-0.39, 0.29) is 6.03 Å². The minimum Gasteiger partial charge on any atom is -0.335 e. The van der Waals surface area contributed by atoms with Crippen molar-refractivity contribution in [2.45, 2.75) is 25.8 Å². The normalized spacial score (nSPS) is 17.4. The summed E-state index contributed by atoms with van der Waals surface area (Å²) in [7, 11) is 0. The van der Waals surface area contributed by atoms with Crippen molar-refractivity contribution in [3.8, 4) is 0 Å². The van der Waals surface area contributed by atoms with E-state index in [0.717, 1.165) is 38.2 Å². The number of hydrogen-bond donors (Lipinski definition) is 2. The number of piperidine rings is 1. The van der Waals surface area contributed by atoms with Crippen molar-refractivity contribution >= 4 is 11.7 Å². The van der Waals surface area contributed by atoms with Crippen LogP contribution in [0.15, 0.2) is 30.3 Å². The second-order valence-corrected chi connectivity index (χ2v) is 4.67. The summed E-state index contributed by atoms with van der Waals surface area (Å²) in [5, 5.41) is 5.89. The van der Waals surface area contributed by atoms with Crippen molar-refractivity contribution in [1.29, 1.82) is 0 Å². The molecule has 1 fully saturated rings. The van der Waals surface area contributed by atoms with Gasteiger partial charge < -0.3 is 15.5 Å². The van der Waals surface area contributed by atoms with Crippen LogP contribution in [0.1, 0.15) is 19.8 Å². The predicted molar refractivity (Wildman–Crippen MR) is 73.7 cm³/mol. The van der Waals surface area contributed by atoms with Gasteiger partial charge in [-0.15, -0.1) is 0 Å². The Hall–Kier alpha value is -1.55. The van der Waals surface area contributed by atoms with Gasteiger partial charge in [0.25, 0.3) is 0 Å². The van der Waals surface area contributed by atoms with Crippen LogP contribution in [0, 0.1) is 0 Å². The summed E-state index contributed by atoms with van der Waals surface area (Å²) < 4.78 is 0. The highest BCUT2D eigenvalue weighted by Gasteiger charge is 2.19. The van der Waals surface area contributed by atoms with E-state index in [1.54, 1.807) is 0 Å². The van der Waals surface area contributed by atoms with E-state index in [1.807, 2.05) is 30.3 Å². The van der Waals surface area contributed by atoms with Gasteiger partial charge in [-0.25, -0.2) is 4.79 Å². The molecule has 0 radical (unpaired) electrons. The number of rotatable bonds is 3. The number of carbonyl (C=O) groups is 1. The number of amides is 2. The summed E-state index contributed by atoms with van der Waals surface area (Å²) in [5.41, 5.74) is 0.834. The molecular weight excluding hydrogens is 226 g/mol. The van der Waals surface area contributed by atoms with Gasteiger partial charge in [-0.2, -0.15) is 0 Å². The Bertz CT molecular complexity index is 372. The van der Waals surface area contributed by atoms with Crippen LogP contribution in [0.4, 0.5) is 10.5 Å². The summed E-state index contributed by atoms with van der Waals surface area (Å²) >= 11 is 0. The fraction of sp³-hybridized carbons (Fsp3) is 0.500. The van der Waals surface area contributed by atoms with Gasteiger partial charge in [0.05, 0.1) is 0 Å². The molecule has 1 aromatic rings. The number of nitrogens with one attached hydrogen (secondary N) is 2. The monoisotopic (exact) mass is 247 g/mol. The average Bonchev–Trinajstić information content (AvgIpc) is 2.40. The number of benzene rings is 1. The molecule has 2 N–H and O–H groups in total. The van der Waals surface area contributed by atoms with Crippen LogP contribution in [-0.4, -0.2) is 36.6 Å². The number of carbonyl (C=O) groups excluding carboxylic acids is 1. The van der Waals surface area contributed by atoms with Gasteiger partial charge in [-0.3, -0.25) is 0 Å². The minimum absolute atomic E-state index is 0.101. The van der Waals surface area contributed by atoms with E-state index in [9.17, 15) is 4.79 Å². The van der Waals surface area contributed by atoms with Gasteiger partial charge in [0, 0.05) is 24.8 Å². The molecular formula is C14H21N3O. The first kappa shape index (κ1) is 12.9. The lowest BCUT2D eigenvalue weighted by molar-refractivity contribution is 0.203. The third-order valence-electron chi connectivity index (χ3n) is 3.40. The van der Waals surface area contributed by atoms with Crippen LogP contribution in [0.2, 0.25) is 0 Å². The van der Waals surface area contributed by atoms with E-state index in [4.69, 9.17) is 0 Å². The summed E-state index contributed by atoms with van der Waals surface area (Å²) in [4.78, 5) is 14.2. The van der Waals surface area contributed by atoms with Crippen LogP contribution >= 0.6 is 0 Å². The van der Waals surface area contributed by atoms with Gasteiger partial charge >= 0.3 is 6.03 Å². The van der Waals surface area contributed by atoms with Crippen molar-refractivity contribution in [1.82, 2.24) is 10.2 Å². The molecule has 0 aromatic heterocycles. The number of likely N-dealkylation sites (tertiary alicyclic amines) is 1. The maximum Gasteiger partial charge on any atom is 0.319 e.